The van der Waals surface area contributed by atoms with Crippen LogP contribution in [0.3, 0.4) is 0 Å². The monoisotopic (exact) mass is 266 g/mol. The van der Waals surface area contributed by atoms with Crippen LogP contribution in [-0.4, -0.2) is 23.1 Å². The zero-order valence-corrected chi connectivity index (χ0v) is 12.3. The molecule has 0 aliphatic heterocycles. The summed E-state index contributed by atoms with van der Waals surface area (Å²) in [5.41, 5.74) is 6.48. The number of nitrogens with zero attached hydrogens (tertiary/aromatic N) is 2. The summed E-state index contributed by atoms with van der Waals surface area (Å²) in [7, 11) is 0. The number of rotatable bonds is 9. The Morgan fingerprint density at radius 3 is 2.74 bits per heavy atom. The second-order valence-corrected chi connectivity index (χ2v) is 4.67. The molecule has 3 N–H and O–H groups in total. The summed E-state index contributed by atoms with van der Waals surface area (Å²) in [4.78, 5) is 8.21. The number of nitrogens with one attached hydrogen (secondary N) is 1. The van der Waals surface area contributed by atoms with Crippen LogP contribution in [0.25, 0.3) is 0 Å². The summed E-state index contributed by atoms with van der Waals surface area (Å²) >= 11 is 0. The molecule has 1 atom stereocenters. The molecule has 1 heterocycles. The predicted octanol–water partition coefficient (Wildman–Crippen LogP) is 3.09. The van der Waals surface area contributed by atoms with Crippen LogP contribution in [0.5, 0.6) is 5.88 Å². The molecular weight excluding hydrogens is 240 g/mol. The highest BCUT2D eigenvalue weighted by atomic mass is 16.5. The molecule has 0 bridgehead atoms. The average molecular weight is 266 g/mol. The number of aromatic nitrogens is 2. The van der Waals surface area contributed by atoms with Gasteiger partial charge in [0, 0.05) is 6.54 Å². The van der Waals surface area contributed by atoms with Gasteiger partial charge in [-0.15, -0.1) is 0 Å². The Kier molecular flexibility index (Phi) is 7.00. The average Bonchev–Trinajstić information content (AvgIpc) is 2.43. The van der Waals surface area contributed by atoms with Crippen LogP contribution < -0.4 is 15.8 Å². The van der Waals surface area contributed by atoms with Crippen molar-refractivity contribution in [2.45, 2.75) is 46.5 Å². The number of nitrogens with two attached hydrogens (primary N) is 1. The first-order valence-corrected chi connectivity index (χ1v) is 7.19. The van der Waals surface area contributed by atoms with Crippen molar-refractivity contribution in [3.8, 4) is 5.88 Å². The molecular formula is C14H26N4O. The maximum Gasteiger partial charge on any atom is 0.242 e. The third-order valence-electron chi connectivity index (χ3n) is 3.23. The van der Waals surface area contributed by atoms with Crippen molar-refractivity contribution in [1.82, 2.24) is 9.97 Å². The van der Waals surface area contributed by atoms with E-state index in [1.165, 1.54) is 25.6 Å². The van der Waals surface area contributed by atoms with Crippen molar-refractivity contribution in [2.75, 3.05) is 24.2 Å². The van der Waals surface area contributed by atoms with Crippen LogP contribution in [0.4, 0.5) is 11.5 Å². The Hall–Kier alpha value is -1.52. The molecule has 5 heteroatoms. The van der Waals surface area contributed by atoms with E-state index >= 15 is 0 Å². The van der Waals surface area contributed by atoms with E-state index in [9.17, 15) is 0 Å². The number of ether oxygens (including phenoxy) is 1. The molecule has 1 unspecified atom stereocenters. The van der Waals surface area contributed by atoms with Gasteiger partial charge in [-0.3, -0.25) is 0 Å². The Morgan fingerprint density at radius 1 is 1.32 bits per heavy atom. The molecule has 0 amide bonds. The first kappa shape index (κ1) is 15.5. The topological polar surface area (TPSA) is 73.1 Å². The molecule has 19 heavy (non-hydrogen) atoms. The first-order chi connectivity index (χ1) is 9.22. The third kappa shape index (κ3) is 4.93. The van der Waals surface area contributed by atoms with Gasteiger partial charge in [0.15, 0.2) is 5.82 Å². The number of hydrogen-bond acceptors (Lipinski definition) is 5. The molecule has 1 rings (SSSR count). The molecule has 0 fully saturated rings. The lowest BCUT2D eigenvalue weighted by Crippen LogP contribution is -2.16. The Bertz CT molecular complexity index is 370. The highest BCUT2D eigenvalue weighted by molar-refractivity contribution is 5.66. The van der Waals surface area contributed by atoms with Gasteiger partial charge in [-0.1, -0.05) is 33.1 Å². The van der Waals surface area contributed by atoms with E-state index in [0.29, 0.717) is 29.9 Å². The summed E-state index contributed by atoms with van der Waals surface area (Å²) in [5, 5.41) is 3.32. The van der Waals surface area contributed by atoms with E-state index in [0.717, 1.165) is 13.0 Å². The van der Waals surface area contributed by atoms with Crippen molar-refractivity contribution in [2.24, 2.45) is 5.92 Å². The normalized spacial score (nSPS) is 12.2. The second-order valence-electron chi connectivity index (χ2n) is 4.67. The summed E-state index contributed by atoms with van der Waals surface area (Å²) < 4.78 is 5.36. The van der Waals surface area contributed by atoms with Gasteiger partial charge in [0.25, 0.3) is 0 Å². The van der Waals surface area contributed by atoms with E-state index in [4.69, 9.17) is 10.5 Å². The Labute approximate surface area is 116 Å². The molecule has 108 valence electrons. The standard InChI is InChI=1S/C14H26N4O/c1-4-7-8-11(5-2)9-16-13-12(15)14(19-6-3)18-10-17-13/h10-11H,4-9,15H2,1-3H3,(H,16,17,18). The van der Waals surface area contributed by atoms with E-state index in [1.807, 2.05) is 6.92 Å². The largest absolute Gasteiger partial charge is 0.476 e. The number of hydrogen-bond donors (Lipinski definition) is 2. The molecule has 0 aliphatic rings. The summed E-state index contributed by atoms with van der Waals surface area (Å²) in [5.74, 6) is 1.79. The van der Waals surface area contributed by atoms with Crippen molar-refractivity contribution in [3.05, 3.63) is 6.33 Å². The Morgan fingerprint density at radius 2 is 2.11 bits per heavy atom. The third-order valence-corrected chi connectivity index (χ3v) is 3.23. The van der Waals surface area contributed by atoms with Gasteiger partial charge in [-0.05, 0) is 19.3 Å². The number of unbranched alkanes of at least 4 members (excludes halogenated alkanes) is 1. The fourth-order valence-electron chi connectivity index (χ4n) is 1.96. The minimum atomic E-state index is 0.460. The Balaban J connectivity index is 2.58. The zero-order valence-electron chi connectivity index (χ0n) is 12.3. The van der Waals surface area contributed by atoms with Crippen LogP contribution in [0.1, 0.15) is 46.5 Å². The summed E-state index contributed by atoms with van der Waals surface area (Å²) in [6.07, 6.45) is 6.39. The summed E-state index contributed by atoms with van der Waals surface area (Å²) in [6.45, 7) is 7.79. The van der Waals surface area contributed by atoms with Crippen LogP contribution in [0.15, 0.2) is 6.33 Å². The molecule has 0 aliphatic carbocycles. The molecule has 1 aromatic heterocycles. The number of nitrogen functional groups attached to an aromatic ring is 1. The fourth-order valence-corrected chi connectivity index (χ4v) is 1.96. The van der Waals surface area contributed by atoms with Crippen LogP contribution >= 0.6 is 0 Å². The first-order valence-electron chi connectivity index (χ1n) is 7.19. The molecule has 0 aromatic carbocycles. The lowest BCUT2D eigenvalue weighted by molar-refractivity contribution is 0.328. The minimum Gasteiger partial charge on any atom is -0.476 e. The molecule has 1 aromatic rings. The van der Waals surface area contributed by atoms with Crippen LogP contribution in [0.2, 0.25) is 0 Å². The van der Waals surface area contributed by atoms with Gasteiger partial charge in [0.05, 0.1) is 6.61 Å². The molecule has 0 radical (unpaired) electrons. The number of anilines is 2. The molecule has 0 saturated heterocycles. The fraction of sp³-hybridized carbons (Fsp3) is 0.714. The quantitative estimate of drug-likeness (QED) is 0.718. The van der Waals surface area contributed by atoms with Crippen LogP contribution in [0, 0.1) is 5.92 Å². The van der Waals surface area contributed by atoms with E-state index in [1.54, 1.807) is 0 Å². The van der Waals surface area contributed by atoms with Gasteiger partial charge in [0.1, 0.15) is 12.0 Å². The van der Waals surface area contributed by atoms with Gasteiger partial charge in [0.2, 0.25) is 5.88 Å². The van der Waals surface area contributed by atoms with E-state index in [-0.39, 0.29) is 0 Å². The van der Waals surface area contributed by atoms with Crippen molar-refractivity contribution >= 4 is 11.5 Å². The summed E-state index contributed by atoms with van der Waals surface area (Å²) in [6, 6.07) is 0. The SMILES string of the molecule is CCCCC(CC)CNc1ncnc(OCC)c1N. The van der Waals surface area contributed by atoms with E-state index in [2.05, 4.69) is 29.1 Å². The van der Waals surface area contributed by atoms with Crippen molar-refractivity contribution in [3.63, 3.8) is 0 Å². The minimum absolute atomic E-state index is 0.460. The van der Waals surface area contributed by atoms with E-state index < -0.39 is 0 Å². The molecule has 0 saturated carbocycles. The maximum atomic E-state index is 5.98. The lowest BCUT2D eigenvalue weighted by atomic mass is 9.99. The predicted molar refractivity (Wildman–Crippen MR) is 79.4 cm³/mol. The smallest absolute Gasteiger partial charge is 0.242 e. The van der Waals surface area contributed by atoms with Gasteiger partial charge >= 0.3 is 0 Å². The highest BCUT2D eigenvalue weighted by Crippen LogP contribution is 2.25. The van der Waals surface area contributed by atoms with Crippen molar-refractivity contribution < 1.29 is 4.74 Å². The van der Waals surface area contributed by atoms with Gasteiger partial charge < -0.3 is 15.8 Å². The highest BCUT2D eigenvalue weighted by Gasteiger charge is 2.11. The lowest BCUT2D eigenvalue weighted by Gasteiger charge is -2.17. The molecule has 0 spiro atoms. The molecule has 5 nitrogen and oxygen atoms in total. The van der Waals surface area contributed by atoms with Gasteiger partial charge in [-0.25, -0.2) is 4.98 Å². The van der Waals surface area contributed by atoms with Crippen molar-refractivity contribution in [1.29, 1.82) is 0 Å². The second kappa shape index (κ2) is 8.56. The maximum absolute atomic E-state index is 5.98. The zero-order chi connectivity index (χ0) is 14.1. The van der Waals surface area contributed by atoms with Gasteiger partial charge in [-0.2, -0.15) is 4.98 Å². The van der Waals surface area contributed by atoms with Crippen LogP contribution in [-0.2, 0) is 0 Å².